The zero-order valence-electron chi connectivity index (χ0n) is 8.83. The summed E-state index contributed by atoms with van der Waals surface area (Å²) in [5, 5.41) is 9.91. The molecular weight excluding hydrogens is 271 g/mol. The zero-order chi connectivity index (χ0) is 13.5. The fourth-order valence-corrected chi connectivity index (χ4v) is 1.85. The lowest BCUT2D eigenvalue weighted by atomic mass is 10.2. The van der Waals surface area contributed by atoms with Gasteiger partial charge in [-0.1, -0.05) is 11.6 Å². The van der Waals surface area contributed by atoms with Gasteiger partial charge in [0.15, 0.2) is 0 Å². The van der Waals surface area contributed by atoms with Gasteiger partial charge in [0, 0.05) is 16.5 Å². The highest BCUT2D eigenvalue weighted by Gasteiger charge is 2.29. The number of fused-ring (bicyclic) bond motifs is 1. The van der Waals surface area contributed by atoms with E-state index in [1.807, 2.05) is 0 Å². The monoisotopic (exact) mass is 277 g/mol. The van der Waals surface area contributed by atoms with Crippen LogP contribution in [0.2, 0.25) is 5.02 Å². The summed E-state index contributed by atoms with van der Waals surface area (Å²) < 4.78 is 37.7. The summed E-state index contributed by atoms with van der Waals surface area (Å²) >= 11 is 5.70. The van der Waals surface area contributed by atoms with Gasteiger partial charge >= 0.3 is 6.18 Å². The molecule has 0 aliphatic carbocycles. The minimum Gasteiger partial charge on any atom is -0.507 e. The van der Waals surface area contributed by atoms with Crippen LogP contribution in [0.3, 0.4) is 0 Å². The van der Waals surface area contributed by atoms with E-state index in [0.29, 0.717) is 4.57 Å². The lowest BCUT2D eigenvalue weighted by molar-refractivity contribution is -0.140. The van der Waals surface area contributed by atoms with Gasteiger partial charge < -0.3 is 5.11 Å². The molecule has 96 valence electrons. The van der Waals surface area contributed by atoms with E-state index in [1.54, 1.807) is 0 Å². The maximum absolute atomic E-state index is 12.4. The van der Waals surface area contributed by atoms with Crippen LogP contribution in [0.15, 0.2) is 29.1 Å². The van der Waals surface area contributed by atoms with Crippen LogP contribution in [-0.2, 0) is 6.54 Å². The Morgan fingerprint density at radius 3 is 2.56 bits per heavy atom. The maximum atomic E-state index is 12.4. The topological polar surface area (TPSA) is 42.2 Å². The zero-order valence-corrected chi connectivity index (χ0v) is 9.59. The first-order chi connectivity index (χ1) is 8.28. The Bertz CT molecular complexity index is 664. The third kappa shape index (κ3) is 2.43. The van der Waals surface area contributed by atoms with E-state index in [2.05, 4.69) is 0 Å². The summed E-state index contributed by atoms with van der Waals surface area (Å²) in [6.45, 7) is -1.41. The Balaban J connectivity index is 2.77. The first-order valence-electron chi connectivity index (χ1n) is 4.87. The number of hydrogen-bond acceptors (Lipinski definition) is 2. The fraction of sp³-hybridized carbons (Fsp3) is 0.182. The number of pyridine rings is 1. The molecule has 18 heavy (non-hydrogen) atoms. The molecule has 0 amide bonds. The highest BCUT2D eigenvalue weighted by atomic mass is 35.5. The second kappa shape index (κ2) is 4.20. The molecule has 0 aliphatic rings. The molecular formula is C11H7ClF3NO2. The number of aromatic nitrogens is 1. The van der Waals surface area contributed by atoms with Crippen LogP contribution in [0.25, 0.3) is 10.9 Å². The van der Waals surface area contributed by atoms with Gasteiger partial charge in [-0.3, -0.25) is 9.36 Å². The lowest BCUT2D eigenvalue weighted by Gasteiger charge is -2.13. The average Bonchev–Trinajstić information content (AvgIpc) is 2.23. The number of rotatable bonds is 1. The standard InChI is InChI=1S/C11H7ClF3NO2/c12-6-1-2-8-7(3-6)9(17)4-10(18)16(8)5-11(13,14)15/h1-4,17H,5H2. The van der Waals surface area contributed by atoms with E-state index < -0.39 is 24.0 Å². The second-order valence-electron chi connectivity index (χ2n) is 3.73. The van der Waals surface area contributed by atoms with Crippen LogP contribution < -0.4 is 5.56 Å². The highest BCUT2D eigenvalue weighted by Crippen LogP contribution is 2.27. The Morgan fingerprint density at radius 2 is 1.94 bits per heavy atom. The number of benzene rings is 1. The Hall–Kier alpha value is -1.69. The van der Waals surface area contributed by atoms with Crippen LogP contribution in [-0.4, -0.2) is 15.8 Å². The number of nitrogens with zero attached hydrogens (tertiary/aromatic N) is 1. The summed E-state index contributed by atoms with van der Waals surface area (Å²) in [4.78, 5) is 11.5. The molecule has 2 rings (SSSR count). The van der Waals surface area contributed by atoms with Gasteiger partial charge in [-0.25, -0.2) is 0 Å². The Morgan fingerprint density at radius 1 is 1.28 bits per heavy atom. The second-order valence-corrected chi connectivity index (χ2v) is 4.17. The highest BCUT2D eigenvalue weighted by molar-refractivity contribution is 6.31. The largest absolute Gasteiger partial charge is 0.507 e. The van der Waals surface area contributed by atoms with Crippen molar-refractivity contribution in [2.45, 2.75) is 12.7 Å². The van der Waals surface area contributed by atoms with E-state index in [9.17, 15) is 23.1 Å². The van der Waals surface area contributed by atoms with Crippen LogP contribution in [0.4, 0.5) is 13.2 Å². The first-order valence-corrected chi connectivity index (χ1v) is 5.24. The van der Waals surface area contributed by atoms with Crippen molar-refractivity contribution in [2.24, 2.45) is 0 Å². The van der Waals surface area contributed by atoms with E-state index >= 15 is 0 Å². The molecule has 0 fully saturated rings. The molecule has 7 heteroatoms. The molecule has 1 N–H and O–H groups in total. The summed E-state index contributed by atoms with van der Waals surface area (Å²) in [5.41, 5.74) is -0.929. The molecule has 3 nitrogen and oxygen atoms in total. The van der Waals surface area contributed by atoms with Gasteiger partial charge in [0.05, 0.1) is 5.52 Å². The smallest absolute Gasteiger partial charge is 0.406 e. The van der Waals surface area contributed by atoms with Gasteiger partial charge in [0.25, 0.3) is 5.56 Å². The van der Waals surface area contributed by atoms with Gasteiger partial charge in [-0.2, -0.15) is 13.2 Å². The lowest BCUT2D eigenvalue weighted by Crippen LogP contribution is -2.27. The molecule has 0 unspecified atom stereocenters. The maximum Gasteiger partial charge on any atom is 0.406 e. The van der Waals surface area contributed by atoms with Crippen molar-refractivity contribution in [3.8, 4) is 5.75 Å². The molecule has 0 radical (unpaired) electrons. The molecule has 0 spiro atoms. The van der Waals surface area contributed by atoms with Crippen molar-refractivity contribution < 1.29 is 18.3 Å². The van der Waals surface area contributed by atoms with Crippen molar-refractivity contribution in [3.63, 3.8) is 0 Å². The van der Waals surface area contributed by atoms with E-state index in [1.165, 1.54) is 18.2 Å². The molecule has 2 aromatic rings. The predicted octanol–water partition coefficient (Wildman–Crippen LogP) is 2.92. The normalized spacial score (nSPS) is 12.0. The number of hydrogen-bond donors (Lipinski definition) is 1. The minimum atomic E-state index is -4.52. The molecule has 1 heterocycles. The SMILES string of the molecule is O=c1cc(O)c2cc(Cl)ccc2n1CC(F)(F)F. The molecule has 0 bridgehead atoms. The Labute approximate surface area is 104 Å². The van der Waals surface area contributed by atoms with E-state index in [-0.39, 0.29) is 15.9 Å². The molecule has 0 atom stereocenters. The van der Waals surface area contributed by atoms with E-state index in [4.69, 9.17) is 11.6 Å². The molecule has 1 aromatic heterocycles. The van der Waals surface area contributed by atoms with Crippen LogP contribution >= 0.6 is 11.6 Å². The fourth-order valence-electron chi connectivity index (χ4n) is 1.68. The molecule has 0 aliphatic heterocycles. The third-order valence-corrected chi connectivity index (χ3v) is 2.62. The molecule has 1 aromatic carbocycles. The van der Waals surface area contributed by atoms with Crippen LogP contribution in [0.5, 0.6) is 5.75 Å². The minimum absolute atomic E-state index is 0.0123. The quantitative estimate of drug-likeness (QED) is 0.871. The first kappa shape index (κ1) is 12.8. The molecule has 0 saturated carbocycles. The number of aromatic hydroxyl groups is 1. The van der Waals surface area contributed by atoms with Gasteiger partial charge in [-0.15, -0.1) is 0 Å². The van der Waals surface area contributed by atoms with Crippen LogP contribution in [0.1, 0.15) is 0 Å². The predicted molar refractivity (Wildman–Crippen MR) is 60.9 cm³/mol. The summed E-state index contributed by atoms with van der Waals surface area (Å²) in [6.07, 6.45) is -4.52. The van der Waals surface area contributed by atoms with E-state index in [0.717, 1.165) is 6.07 Å². The van der Waals surface area contributed by atoms with Gasteiger partial charge in [-0.05, 0) is 18.2 Å². The van der Waals surface area contributed by atoms with Gasteiger partial charge in [0.1, 0.15) is 12.3 Å². The summed E-state index contributed by atoms with van der Waals surface area (Å²) in [6, 6.07) is 4.67. The summed E-state index contributed by atoms with van der Waals surface area (Å²) in [5.74, 6) is -0.393. The Kier molecular flexibility index (Phi) is 2.98. The average molecular weight is 278 g/mol. The van der Waals surface area contributed by atoms with Crippen LogP contribution in [0, 0.1) is 0 Å². The van der Waals surface area contributed by atoms with Crippen molar-refractivity contribution >= 4 is 22.5 Å². The number of halogens is 4. The number of alkyl halides is 3. The molecule has 0 saturated heterocycles. The summed E-state index contributed by atoms with van der Waals surface area (Å²) in [7, 11) is 0. The van der Waals surface area contributed by atoms with Crippen molar-refractivity contribution in [3.05, 3.63) is 39.6 Å². The third-order valence-electron chi connectivity index (χ3n) is 2.39. The van der Waals surface area contributed by atoms with Crippen molar-refractivity contribution in [1.82, 2.24) is 4.57 Å². The van der Waals surface area contributed by atoms with Crippen molar-refractivity contribution in [2.75, 3.05) is 0 Å². The van der Waals surface area contributed by atoms with Gasteiger partial charge in [0.2, 0.25) is 0 Å². The van der Waals surface area contributed by atoms with Crippen molar-refractivity contribution in [1.29, 1.82) is 0 Å².